The molecule has 4 heteroatoms. The highest BCUT2D eigenvalue weighted by Gasteiger charge is 2.11. The predicted octanol–water partition coefficient (Wildman–Crippen LogP) is 4.30. The largest absolute Gasteiger partial charge is 0.507 e. The van der Waals surface area contributed by atoms with Gasteiger partial charge in [0.05, 0.1) is 5.02 Å². The minimum Gasteiger partial charge on any atom is -0.507 e. The van der Waals surface area contributed by atoms with Crippen molar-refractivity contribution in [3.05, 3.63) is 52.6 Å². The van der Waals surface area contributed by atoms with E-state index < -0.39 is 5.82 Å². The van der Waals surface area contributed by atoms with Gasteiger partial charge in [-0.2, -0.15) is 0 Å². The van der Waals surface area contributed by atoms with Crippen LogP contribution < -0.4 is 0 Å². The standard InChI is InChI=1S/C13H9ClF2O/c1-7-4-8(15)2-3-9(7)10-5-11(14)12(16)6-13(10)17/h2-6,17H,1H3. The molecule has 0 unspecified atom stereocenters. The highest BCUT2D eigenvalue weighted by Crippen LogP contribution is 2.35. The van der Waals surface area contributed by atoms with Crippen molar-refractivity contribution in [1.82, 2.24) is 0 Å². The number of hydrogen-bond acceptors (Lipinski definition) is 1. The van der Waals surface area contributed by atoms with E-state index in [1.54, 1.807) is 6.92 Å². The number of halogens is 3. The van der Waals surface area contributed by atoms with Crippen molar-refractivity contribution < 1.29 is 13.9 Å². The zero-order chi connectivity index (χ0) is 12.6. The van der Waals surface area contributed by atoms with Gasteiger partial charge in [0.25, 0.3) is 0 Å². The molecule has 0 aliphatic carbocycles. The van der Waals surface area contributed by atoms with Gasteiger partial charge in [0, 0.05) is 11.6 Å². The predicted molar refractivity (Wildman–Crippen MR) is 63.2 cm³/mol. The molecule has 0 aromatic heterocycles. The fourth-order valence-electron chi connectivity index (χ4n) is 1.68. The summed E-state index contributed by atoms with van der Waals surface area (Å²) in [6.07, 6.45) is 0. The van der Waals surface area contributed by atoms with Gasteiger partial charge >= 0.3 is 0 Å². The molecule has 0 aliphatic heterocycles. The SMILES string of the molecule is Cc1cc(F)ccc1-c1cc(Cl)c(F)cc1O. The Morgan fingerprint density at radius 2 is 1.76 bits per heavy atom. The average Bonchev–Trinajstić information content (AvgIpc) is 2.24. The maximum Gasteiger partial charge on any atom is 0.145 e. The number of hydrogen-bond donors (Lipinski definition) is 1. The lowest BCUT2D eigenvalue weighted by molar-refractivity contribution is 0.471. The summed E-state index contributed by atoms with van der Waals surface area (Å²) in [4.78, 5) is 0. The van der Waals surface area contributed by atoms with Crippen molar-refractivity contribution in [1.29, 1.82) is 0 Å². The van der Waals surface area contributed by atoms with Crippen LogP contribution in [0.1, 0.15) is 5.56 Å². The number of aromatic hydroxyl groups is 1. The maximum atomic E-state index is 13.1. The van der Waals surface area contributed by atoms with Gasteiger partial charge < -0.3 is 5.11 Å². The molecule has 0 radical (unpaired) electrons. The second kappa shape index (κ2) is 4.34. The van der Waals surface area contributed by atoms with E-state index in [2.05, 4.69) is 0 Å². The lowest BCUT2D eigenvalue weighted by atomic mass is 9.99. The molecular formula is C13H9ClF2O. The summed E-state index contributed by atoms with van der Waals surface area (Å²) in [5, 5.41) is 9.59. The van der Waals surface area contributed by atoms with Crippen LogP contribution >= 0.6 is 11.6 Å². The Labute approximate surface area is 102 Å². The lowest BCUT2D eigenvalue weighted by Gasteiger charge is -2.09. The molecule has 17 heavy (non-hydrogen) atoms. The minimum atomic E-state index is -0.687. The summed E-state index contributed by atoms with van der Waals surface area (Å²) in [5.41, 5.74) is 1.64. The van der Waals surface area contributed by atoms with Gasteiger partial charge in [-0.05, 0) is 36.2 Å². The fourth-order valence-corrected chi connectivity index (χ4v) is 1.85. The highest BCUT2D eigenvalue weighted by atomic mass is 35.5. The summed E-state index contributed by atoms with van der Waals surface area (Å²) in [6, 6.07) is 6.41. The third-order valence-corrected chi connectivity index (χ3v) is 2.81. The first kappa shape index (κ1) is 11.9. The molecule has 1 N–H and O–H groups in total. The number of rotatable bonds is 1. The van der Waals surface area contributed by atoms with Crippen molar-refractivity contribution in [2.75, 3.05) is 0 Å². The van der Waals surface area contributed by atoms with Gasteiger partial charge in [0.15, 0.2) is 0 Å². The maximum absolute atomic E-state index is 13.1. The zero-order valence-corrected chi connectivity index (χ0v) is 9.72. The fraction of sp³-hybridized carbons (Fsp3) is 0.0769. The van der Waals surface area contributed by atoms with E-state index in [0.717, 1.165) is 6.07 Å². The molecule has 0 bridgehead atoms. The van der Waals surface area contributed by atoms with E-state index >= 15 is 0 Å². The van der Waals surface area contributed by atoms with Crippen molar-refractivity contribution >= 4 is 11.6 Å². The first-order valence-electron chi connectivity index (χ1n) is 4.93. The van der Waals surface area contributed by atoms with Gasteiger partial charge in [-0.1, -0.05) is 17.7 Å². The average molecular weight is 255 g/mol. The van der Waals surface area contributed by atoms with Crippen molar-refractivity contribution in [3.8, 4) is 16.9 Å². The molecule has 0 spiro atoms. The van der Waals surface area contributed by atoms with Crippen LogP contribution in [0.15, 0.2) is 30.3 Å². The normalized spacial score (nSPS) is 10.6. The molecule has 0 saturated heterocycles. The van der Waals surface area contributed by atoms with Crippen LogP contribution in [0.2, 0.25) is 5.02 Å². The lowest BCUT2D eigenvalue weighted by Crippen LogP contribution is -1.88. The molecule has 0 amide bonds. The van der Waals surface area contributed by atoms with Crippen molar-refractivity contribution in [2.24, 2.45) is 0 Å². The monoisotopic (exact) mass is 254 g/mol. The Morgan fingerprint density at radius 1 is 1.06 bits per heavy atom. The molecule has 0 aliphatic rings. The van der Waals surface area contributed by atoms with Crippen LogP contribution in [0.4, 0.5) is 8.78 Å². The van der Waals surface area contributed by atoms with E-state index in [0.29, 0.717) is 16.7 Å². The van der Waals surface area contributed by atoms with Gasteiger partial charge in [0.2, 0.25) is 0 Å². The molecule has 2 rings (SSSR count). The van der Waals surface area contributed by atoms with Gasteiger partial charge in [-0.25, -0.2) is 8.78 Å². The summed E-state index contributed by atoms with van der Waals surface area (Å²) in [5.74, 6) is -1.27. The molecular weight excluding hydrogens is 246 g/mol. The number of phenols is 1. The Morgan fingerprint density at radius 3 is 2.41 bits per heavy atom. The summed E-state index contributed by atoms with van der Waals surface area (Å²) < 4.78 is 26.0. The Bertz CT molecular complexity index is 582. The van der Waals surface area contributed by atoms with Gasteiger partial charge in [-0.3, -0.25) is 0 Å². The third kappa shape index (κ3) is 2.24. The molecule has 0 saturated carbocycles. The second-order valence-electron chi connectivity index (χ2n) is 3.74. The van der Waals surface area contributed by atoms with Crippen molar-refractivity contribution in [3.63, 3.8) is 0 Å². The van der Waals surface area contributed by atoms with Crippen LogP contribution in [-0.2, 0) is 0 Å². The van der Waals surface area contributed by atoms with Gasteiger partial charge in [-0.15, -0.1) is 0 Å². The number of phenolic OH excluding ortho intramolecular Hbond substituents is 1. The molecule has 1 nitrogen and oxygen atoms in total. The summed E-state index contributed by atoms with van der Waals surface area (Å²) in [6.45, 7) is 1.70. The Kier molecular flexibility index (Phi) is 3.03. The first-order valence-corrected chi connectivity index (χ1v) is 5.31. The number of aryl methyl sites for hydroxylation is 1. The van der Waals surface area contributed by atoms with Crippen LogP contribution in [0.3, 0.4) is 0 Å². The van der Waals surface area contributed by atoms with Crippen LogP contribution in [0.5, 0.6) is 5.75 Å². The molecule has 0 heterocycles. The highest BCUT2D eigenvalue weighted by molar-refractivity contribution is 6.31. The van der Waals surface area contributed by atoms with E-state index in [1.807, 2.05) is 0 Å². The topological polar surface area (TPSA) is 20.2 Å². The molecule has 0 atom stereocenters. The first-order chi connectivity index (χ1) is 7.99. The van der Waals surface area contributed by atoms with Crippen molar-refractivity contribution in [2.45, 2.75) is 6.92 Å². The molecule has 2 aromatic carbocycles. The minimum absolute atomic E-state index is 0.0819. The number of benzene rings is 2. The van der Waals surface area contributed by atoms with Gasteiger partial charge in [0.1, 0.15) is 17.4 Å². The van der Waals surface area contributed by atoms with Crippen LogP contribution in [0, 0.1) is 18.6 Å². The third-order valence-electron chi connectivity index (χ3n) is 2.52. The molecule has 88 valence electrons. The molecule has 2 aromatic rings. The smallest absolute Gasteiger partial charge is 0.145 e. The van der Waals surface area contributed by atoms with Crippen LogP contribution in [-0.4, -0.2) is 5.11 Å². The summed E-state index contributed by atoms with van der Waals surface area (Å²) in [7, 11) is 0. The molecule has 0 fully saturated rings. The zero-order valence-electron chi connectivity index (χ0n) is 8.97. The summed E-state index contributed by atoms with van der Waals surface area (Å²) >= 11 is 5.66. The van der Waals surface area contributed by atoms with E-state index in [1.165, 1.54) is 24.3 Å². The van der Waals surface area contributed by atoms with E-state index in [4.69, 9.17) is 11.6 Å². The quantitative estimate of drug-likeness (QED) is 0.804. The second-order valence-corrected chi connectivity index (χ2v) is 4.15. The van der Waals surface area contributed by atoms with Crippen LogP contribution in [0.25, 0.3) is 11.1 Å². The Balaban J connectivity index is 2.64. The van der Waals surface area contributed by atoms with E-state index in [-0.39, 0.29) is 16.6 Å². The van der Waals surface area contributed by atoms with E-state index in [9.17, 15) is 13.9 Å². The Hall–Kier alpha value is -1.61.